The van der Waals surface area contributed by atoms with Crippen molar-refractivity contribution in [2.75, 3.05) is 0 Å². The summed E-state index contributed by atoms with van der Waals surface area (Å²) in [5.41, 5.74) is 7.77. The van der Waals surface area contributed by atoms with E-state index in [4.69, 9.17) is 10.3 Å². The molecular formula is C14H13N5O. The topological polar surface area (TPSA) is 90.7 Å². The predicted molar refractivity (Wildman–Crippen MR) is 72.4 cm³/mol. The van der Waals surface area contributed by atoms with E-state index in [1.54, 1.807) is 18.6 Å². The molecular weight excluding hydrogens is 254 g/mol. The molecule has 1 atom stereocenters. The van der Waals surface area contributed by atoms with Crippen LogP contribution in [-0.4, -0.2) is 20.1 Å². The van der Waals surface area contributed by atoms with Gasteiger partial charge in [0.1, 0.15) is 5.69 Å². The van der Waals surface area contributed by atoms with E-state index in [1.165, 1.54) is 0 Å². The second-order valence-corrected chi connectivity index (χ2v) is 4.34. The molecule has 0 aliphatic heterocycles. The van der Waals surface area contributed by atoms with E-state index < -0.39 is 0 Å². The molecule has 6 nitrogen and oxygen atoms in total. The molecule has 1 aromatic carbocycles. The van der Waals surface area contributed by atoms with Gasteiger partial charge in [-0.25, -0.2) is 4.98 Å². The van der Waals surface area contributed by atoms with Crippen molar-refractivity contribution < 1.29 is 4.52 Å². The molecule has 0 radical (unpaired) electrons. The van der Waals surface area contributed by atoms with Crippen LogP contribution in [0.3, 0.4) is 0 Å². The van der Waals surface area contributed by atoms with Crippen LogP contribution in [0.25, 0.3) is 11.5 Å². The Hall–Kier alpha value is -2.60. The van der Waals surface area contributed by atoms with Gasteiger partial charge in [-0.05, 0) is 12.0 Å². The Morgan fingerprint density at radius 3 is 2.75 bits per heavy atom. The molecule has 0 aliphatic carbocycles. The van der Waals surface area contributed by atoms with Crippen molar-refractivity contribution >= 4 is 0 Å². The molecule has 0 saturated carbocycles. The zero-order chi connectivity index (χ0) is 13.8. The molecule has 3 aromatic rings. The number of benzene rings is 1. The van der Waals surface area contributed by atoms with Crippen LogP contribution in [0.2, 0.25) is 0 Å². The van der Waals surface area contributed by atoms with Crippen molar-refractivity contribution in [3.05, 3.63) is 60.4 Å². The summed E-state index contributed by atoms with van der Waals surface area (Å²) in [5, 5.41) is 3.88. The minimum absolute atomic E-state index is 0.338. The van der Waals surface area contributed by atoms with E-state index in [1.807, 2.05) is 30.3 Å². The minimum Gasteiger partial charge on any atom is -0.337 e. The number of rotatable bonds is 4. The number of aromatic nitrogens is 4. The zero-order valence-electron chi connectivity index (χ0n) is 10.7. The lowest BCUT2D eigenvalue weighted by Gasteiger charge is -2.05. The number of hydrogen-bond acceptors (Lipinski definition) is 6. The number of nitrogens with two attached hydrogens (primary N) is 1. The van der Waals surface area contributed by atoms with Crippen LogP contribution >= 0.6 is 0 Å². The van der Waals surface area contributed by atoms with Crippen LogP contribution in [0.15, 0.2) is 53.4 Å². The summed E-state index contributed by atoms with van der Waals surface area (Å²) in [6.07, 6.45) is 5.39. The van der Waals surface area contributed by atoms with Gasteiger partial charge in [0.2, 0.25) is 11.7 Å². The van der Waals surface area contributed by atoms with Gasteiger partial charge < -0.3 is 10.3 Å². The highest BCUT2D eigenvalue weighted by molar-refractivity contribution is 5.45. The first-order valence-corrected chi connectivity index (χ1v) is 6.22. The average molecular weight is 267 g/mol. The van der Waals surface area contributed by atoms with E-state index in [0.717, 1.165) is 5.56 Å². The molecule has 6 heteroatoms. The molecule has 0 bridgehead atoms. The third kappa shape index (κ3) is 2.70. The van der Waals surface area contributed by atoms with Crippen molar-refractivity contribution in [1.82, 2.24) is 20.1 Å². The highest BCUT2D eigenvalue weighted by Crippen LogP contribution is 2.17. The van der Waals surface area contributed by atoms with E-state index >= 15 is 0 Å². The SMILES string of the molecule is N[C@H](Cc1ccccc1)c1nc(-c2cnccn2)no1. The lowest BCUT2D eigenvalue weighted by molar-refractivity contribution is 0.354. The first-order valence-electron chi connectivity index (χ1n) is 6.22. The predicted octanol–water partition coefficient (Wildman–Crippen LogP) is 1.77. The fourth-order valence-electron chi connectivity index (χ4n) is 1.86. The summed E-state index contributed by atoms with van der Waals surface area (Å²) >= 11 is 0. The lowest BCUT2D eigenvalue weighted by atomic mass is 10.1. The maximum Gasteiger partial charge on any atom is 0.244 e. The van der Waals surface area contributed by atoms with Crippen LogP contribution in [0, 0.1) is 0 Å². The highest BCUT2D eigenvalue weighted by atomic mass is 16.5. The second kappa shape index (κ2) is 5.58. The minimum atomic E-state index is -0.338. The summed E-state index contributed by atoms with van der Waals surface area (Å²) in [6.45, 7) is 0. The van der Waals surface area contributed by atoms with Gasteiger partial charge in [0.05, 0.1) is 12.2 Å². The maximum absolute atomic E-state index is 6.09. The van der Waals surface area contributed by atoms with Gasteiger partial charge in [-0.1, -0.05) is 35.5 Å². The average Bonchev–Trinajstić information content (AvgIpc) is 2.99. The molecule has 100 valence electrons. The molecule has 0 fully saturated rings. The Balaban J connectivity index is 1.77. The summed E-state index contributed by atoms with van der Waals surface area (Å²) in [7, 11) is 0. The quantitative estimate of drug-likeness (QED) is 0.774. The molecule has 20 heavy (non-hydrogen) atoms. The van der Waals surface area contributed by atoms with E-state index in [0.29, 0.717) is 23.8 Å². The normalized spacial score (nSPS) is 12.2. The fourth-order valence-corrected chi connectivity index (χ4v) is 1.86. The summed E-state index contributed by atoms with van der Waals surface area (Å²) < 4.78 is 5.20. The Morgan fingerprint density at radius 1 is 1.15 bits per heavy atom. The van der Waals surface area contributed by atoms with Gasteiger partial charge in [-0.15, -0.1) is 0 Å². The fraction of sp³-hybridized carbons (Fsp3) is 0.143. The monoisotopic (exact) mass is 267 g/mol. The summed E-state index contributed by atoms with van der Waals surface area (Å²) in [5.74, 6) is 0.797. The second-order valence-electron chi connectivity index (χ2n) is 4.34. The molecule has 2 heterocycles. The Labute approximate surface area is 115 Å². The van der Waals surface area contributed by atoms with Gasteiger partial charge in [-0.3, -0.25) is 4.98 Å². The molecule has 0 spiro atoms. The molecule has 0 saturated heterocycles. The van der Waals surface area contributed by atoms with Gasteiger partial charge in [0, 0.05) is 12.4 Å². The lowest BCUT2D eigenvalue weighted by Crippen LogP contribution is -2.13. The van der Waals surface area contributed by atoms with Gasteiger partial charge in [0.15, 0.2) is 0 Å². The van der Waals surface area contributed by atoms with Crippen LogP contribution in [0.1, 0.15) is 17.5 Å². The third-order valence-corrected chi connectivity index (χ3v) is 2.85. The molecule has 0 aliphatic rings. The largest absolute Gasteiger partial charge is 0.337 e. The maximum atomic E-state index is 6.09. The molecule has 0 unspecified atom stereocenters. The van der Waals surface area contributed by atoms with Crippen LogP contribution < -0.4 is 5.73 Å². The van der Waals surface area contributed by atoms with Crippen LogP contribution in [0.4, 0.5) is 0 Å². The summed E-state index contributed by atoms with van der Waals surface area (Å²) in [6, 6.07) is 9.60. The number of hydrogen-bond donors (Lipinski definition) is 1. The molecule has 2 N–H and O–H groups in total. The third-order valence-electron chi connectivity index (χ3n) is 2.85. The van der Waals surface area contributed by atoms with Crippen molar-refractivity contribution in [2.24, 2.45) is 5.73 Å². The standard InChI is InChI=1S/C14H13N5O/c15-11(8-10-4-2-1-3-5-10)14-18-13(19-20-14)12-9-16-6-7-17-12/h1-7,9,11H,8,15H2/t11-/m1/s1. The van der Waals surface area contributed by atoms with Gasteiger partial charge >= 0.3 is 0 Å². The molecule has 2 aromatic heterocycles. The van der Waals surface area contributed by atoms with Crippen molar-refractivity contribution in [2.45, 2.75) is 12.5 Å². The van der Waals surface area contributed by atoms with Gasteiger partial charge in [0.25, 0.3) is 0 Å². The van der Waals surface area contributed by atoms with Crippen molar-refractivity contribution in [3.63, 3.8) is 0 Å². The smallest absolute Gasteiger partial charge is 0.244 e. The first-order chi connectivity index (χ1) is 9.83. The molecule has 3 rings (SSSR count). The summed E-state index contributed by atoms with van der Waals surface area (Å²) in [4.78, 5) is 12.4. The highest BCUT2D eigenvalue weighted by Gasteiger charge is 2.16. The van der Waals surface area contributed by atoms with Gasteiger partial charge in [-0.2, -0.15) is 4.98 Å². The Kier molecular flexibility index (Phi) is 3.47. The van der Waals surface area contributed by atoms with Crippen molar-refractivity contribution in [1.29, 1.82) is 0 Å². The van der Waals surface area contributed by atoms with Crippen LogP contribution in [-0.2, 0) is 6.42 Å². The zero-order valence-corrected chi connectivity index (χ0v) is 10.7. The van der Waals surface area contributed by atoms with E-state index in [-0.39, 0.29) is 6.04 Å². The van der Waals surface area contributed by atoms with Crippen molar-refractivity contribution in [3.8, 4) is 11.5 Å². The molecule has 0 amide bonds. The first kappa shape index (κ1) is 12.4. The van der Waals surface area contributed by atoms with E-state index in [2.05, 4.69) is 20.1 Å². The van der Waals surface area contributed by atoms with Crippen LogP contribution in [0.5, 0.6) is 0 Å². The number of nitrogens with zero attached hydrogens (tertiary/aromatic N) is 4. The Morgan fingerprint density at radius 2 is 2.00 bits per heavy atom. The van der Waals surface area contributed by atoms with E-state index in [9.17, 15) is 0 Å². The Bertz CT molecular complexity index is 668.